The van der Waals surface area contributed by atoms with Gasteiger partial charge in [0.15, 0.2) is 9.84 Å². The zero-order chi connectivity index (χ0) is 31.5. The molecular weight excluding hydrogens is 644 g/mol. The summed E-state index contributed by atoms with van der Waals surface area (Å²) in [5.41, 5.74) is 4.76. The monoisotopic (exact) mass is 666 g/mol. The smallest absolute Gasteiger partial charge is 0.416 e. The summed E-state index contributed by atoms with van der Waals surface area (Å²) in [5, 5.41) is 6.13. The van der Waals surface area contributed by atoms with Gasteiger partial charge in [-0.05, 0) is 46.5 Å². The number of sulfone groups is 1. The number of aromatic nitrogens is 3. The number of benzene rings is 3. The van der Waals surface area contributed by atoms with Crippen LogP contribution >= 0.6 is 11.3 Å². The van der Waals surface area contributed by atoms with Gasteiger partial charge in [-0.25, -0.2) is 18.8 Å². The van der Waals surface area contributed by atoms with Crippen molar-refractivity contribution in [2.24, 2.45) is 0 Å². The second-order valence-corrected chi connectivity index (χ2v) is 13.3. The van der Waals surface area contributed by atoms with Crippen LogP contribution in [0, 0.1) is 0 Å². The molecule has 2 unspecified atom stereocenters. The van der Waals surface area contributed by atoms with Crippen molar-refractivity contribution in [3.8, 4) is 11.1 Å². The molecule has 0 saturated heterocycles. The fraction of sp³-hybridized carbons (Fsp3) is 0.222. The molecule has 2 atom stereocenters. The molecule has 0 radical (unpaired) electrons. The number of hydrazine groups is 1. The Bertz CT molecular complexity index is 1880. The van der Waals surface area contributed by atoms with E-state index in [0.29, 0.717) is 16.8 Å². The van der Waals surface area contributed by atoms with Crippen molar-refractivity contribution in [2.45, 2.75) is 30.3 Å². The van der Waals surface area contributed by atoms with Crippen LogP contribution in [-0.4, -0.2) is 39.5 Å². The Kier molecular flexibility index (Phi) is 9.54. The molecule has 3 aromatic carbocycles. The third-order valence-electron chi connectivity index (χ3n) is 6.36. The fourth-order valence-electron chi connectivity index (χ4n) is 4.39. The molecule has 0 spiro atoms. The van der Waals surface area contributed by atoms with Gasteiger partial charge < -0.3 is 13.7 Å². The van der Waals surface area contributed by atoms with Crippen molar-refractivity contribution in [1.29, 1.82) is 0 Å². The summed E-state index contributed by atoms with van der Waals surface area (Å²) in [6, 6.07) is 17.1. The van der Waals surface area contributed by atoms with Gasteiger partial charge in [-0.1, -0.05) is 42.5 Å². The Morgan fingerprint density at radius 2 is 1.70 bits per heavy atom. The van der Waals surface area contributed by atoms with Gasteiger partial charge in [0.05, 0.1) is 28.9 Å². The van der Waals surface area contributed by atoms with Gasteiger partial charge in [-0.15, -0.1) is 21.5 Å². The van der Waals surface area contributed by atoms with Crippen LogP contribution in [0.15, 0.2) is 71.1 Å². The van der Waals surface area contributed by atoms with Gasteiger partial charge in [-0.2, -0.15) is 18.0 Å². The molecule has 0 aliphatic carbocycles. The highest BCUT2D eigenvalue weighted by Crippen LogP contribution is 2.39. The van der Waals surface area contributed by atoms with Crippen molar-refractivity contribution in [1.82, 2.24) is 25.4 Å². The lowest BCUT2D eigenvalue weighted by atomic mass is 10.0. The molecule has 5 rings (SSSR count). The number of hydrogen-bond acceptors (Lipinski definition) is 11. The molecule has 44 heavy (non-hydrogen) atoms. The minimum Gasteiger partial charge on any atom is -0.759 e. The average molecular weight is 667 g/mol. The number of fused-ring (bicyclic) bond motifs is 1. The normalized spacial score (nSPS) is 13.8. The molecule has 2 aromatic heterocycles. The zero-order valence-corrected chi connectivity index (χ0v) is 25.1. The summed E-state index contributed by atoms with van der Waals surface area (Å²) in [4.78, 5) is 6.45. The number of hydrogen-bond donors (Lipinski definition) is 2. The molecule has 0 aliphatic rings. The Balaban J connectivity index is 1.49. The van der Waals surface area contributed by atoms with E-state index in [1.54, 1.807) is 13.2 Å². The maximum absolute atomic E-state index is 13.8. The minimum absolute atomic E-state index is 0.0783. The summed E-state index contributed by atoms with van der Waals surface area (Å²) in [7, 11) is -2.64. The van der Waals surface area contributed by atoms with Gasteiger partial charge in [-0.3, -0.25) is 4.21 Å². The molecule has 0 bridgehead atoms. The minimum atomic E-state index is -4.61. The predicted molar refractivity (Wildman–Crippen MR) is 155 cm³/mol. The van der Waals surface area contributed by atoms with E-state index < -0.39 is 43.8 Å². The van der Waals surface area contributed by atoms with Crippen molar-refractivity contribution >= 4 is 42.7 Å². The maximum Gasteiger partial charge on any atom is 0.416 e. The van der Waals surface area contributed by atoms with Crippen molar-refractivity contribution in [3.05, 3.63) is 100 Å². The number of thiazole rings is 1. The number of halogens is 3. The first-order chi connectivity index (χ1) is 20.9. The largest absolute Gasteiger partial charge is 0.759 e. The highest BCUT2D eigenvalue weighted by molar-refractivity contribution is 7.91. The molecule has 2 N–H and O–H groups in total. The third-order valence-corrected chi connectivity index (χ3v) is 9.76. The molecule has 2 heterocycles. The molecule has 5 aromatic rings. The van der Waals surface area contributed by atoms with Crippen LogP contribution in [0.25, 0.3) is 21.3 Å². The molecule has 0 aliphatic heterocycles. The van der Waals surface area contributed by atoms with Crippen molar-refractivity contribution in [2.75, 3.05) is 7.11 Å². The Morgan fingerprint density at radius 3 is 2.36 bits per heavy atom. The predicted octanol–water partition coefficient (Wildman–Crippen LogP) is 4.60. The second-order valence-electron chi connectivity index (χ2n) is 9.45. The standard InChI is InChI=1S/C27H24F3N5O6S3/c1-40-14-16-2-4-17(5-3-16)19-8-11-21-22(12-19)42-26(32-21)25(18-6-9-20(10-7-18)27(28,29)30)44(38,39)15-24-34-33-23(41-24)13-31-35-43(36)37/h2-12,25,31,35H,13-15H2,1H3,(H,36,37)/p-1. The first-order valence-corrected chi connectivity index (χ1v) is 16.3. The van der Waals surface area contributed by atoms with E-state index in [9.17, 15) is 30.4 Å². The molecule has 0 saturated carbocycles. The Labute approximate surface area is 255 Å². The van der Waals surface area contributed by atoms with E-state index in [2.05, 4.69) is 20.6 Å². The van der Waals surface area contributed by atoms with E-state index >= 15 is 0 Å². The molecule has 0 amide bonds. The average Bonchev–Trinajstić information content (AvgIpc) is 3.58. The number of nitrogens with one attached hydrogen (secondary N) is 2. The van der Waals surface area contributed by atoms with Gasteiger partial charge >= 0.3 is 6.18 Å². The van der Waals surface area contributed by atoms with Gasteiger partial charge in [0.2, 0.25) is 11.8 Å². The second kappa shape index (κ2) is 13.2. The first-order valence-electron chi connectivity index (χ1n) is 12.7. The van der Waals surface area contributed by atoms with E-state index in [-0.39, 0.29) is 28.9 Å². The van der Waals surface area contributed by atoms with Crippen molar-refractivity contribution in [3.63, 3.8) is 0 Å². The summed E-state index contributed by atoms with van der Waals surface area (Å²) < 4.78 is 99.9. The molecular formula is C27H23F3N5O6S3-. The Morgan fingerprint density at radius 1 is 1.02 bits per heavy atom. The van der Waals surface area contributed by atoms with Crippen molar-refractivity contribution < 1.29 is 39.5 Å². The van der Waals surface area contributed by atoms with E-state index in [4.69, 9.17) is 9.15 Å². The van der Waals surface area contributed by atoms with Gasteiger partial charge in [0.25, 0.3) is 0 Å². The number of rotatable bonds is 12. The van der Waals surface area contributed by atoms with Crippen LogP contribution in [0.3, 0.4) is 0 Å². The maximum atomic E-state index is 13.8. The number of alkyl halides is 3. The van der Waals surface area contributed by atoms with E-state index in [1.807, 2.05) is 41.2 Å². The van der Waals surface area contributed by atoms with Crippen LogP contribution in [-0.2, 0) is 50.9 Å². The molecule has 17 heteroatoms. The lowest BCUT2D eigenvalue weighted by molar-refractivity contribution is -0.137. The molecule has 0 fully saturated rings. The summed E-state index contributed by atoms with van der Waals surface area (Å²) in [6.07, 6.45) is -4.61. The molecule has 232 valence electrons. The van der Waals surface area contributed by atoms with Crippen LogP contribution < -0.4 is 10.3 Å². The van der Waals surface area contributed by atoms with Crippen LogP contribution in [0.5, 0.6) is 0 Å². The van der Waals surface area contributed by atoms with Gasteiger partial charge in [0.1, 0.15) is 16.0 Å². The third kappa shape index (κ3) is 7.55. The van der Waals surface area contributed by atoms with Crippen LogP contribution in [0.1, 0.15) is 38.7 Å². The summed E-state index contributed by atoms with van der Waals surface area (Å²) in [5.74, 6) is -1.13. The molecule has 11 nitrogen and oxygen atoms in total. The summed E-state index contributed by atoms with van der Waals surface area (Å²) in [6.45, 7) is 0.249. The van der Waals surface area contributed by atoms with Crippen LogP contribution in [0.2, 0.25) is 0 Å². The fourth-order valence-corrected chi connectivity index (χ4v) is 7.74. The lowest BCUT2D eigenvalue weighted by Crippen LogP contribution is -2.32. The van der Waals surface area contributed by atoms with E-state index in [0.717, 1.165) is 52.3 Å². The topological polar surface area (TPSA) is 159 Å². The Hall–Kier alpha value is -3.58. The number of ether oxygens (including phenoxy) is 1. The highest BCUT2D eigenvalue weighted by Gasteiger charge is 2.36. The SMILES string of the molecule is COCc1ccc(-c2ccc3nc(C(c4ccc(C(F)(F)F)cc4)S(=O)(=O)Cc4nnc(CNNS(=O)[O-])o4)sc3c2)cc1. The van der Waals surface area contributed by atoms with E-state index in [1.165, 1.54) is 0 Å². The summed E-state index contributed by atoms with van der Waals surface area (Å²) >= 11 is -1.49. The number of nitrogens with zero attached hydrogens (tertiary/aromatic N) is 3. The zero-order valence-electron chi connectivity index (χ0n) is 22.7. The highest BCUT2D eigenvalue weighted by atomic mass is 32.2. The first kappa shape index (κ1) is 31.8. The lowest BCUT2D eigenvalue weighted by Gasteiger charge is -2.16. The van der Waals surface area contributed by atoms with Gasteiger partial charge in [0, 0.05) is 18.4 Å². The quantitative estimate of drug-likeness (QED) is 0.142. The number of methoxy groups -OCH3 is 1. The van der Waals surface area contributed by atoms with Crippen LogP contribution in [0.4, 0.5) is 13.2 Å².